The lowest BCUT2D eigenvalue weighted by atomic mass is 10.0. The van der Waals surface area contributed by atoms with Crippen LogP contribution >= 0.6 is 0 Å². The topological polar surface area (TPSA) is 70.5 Å². The molecule has 2 aromatic rings. The fraction of sp³-hybridized carbons (Fsp3) is 0.333. The third kappa shape index (κ3) is 2.86. The van der Waals surface area contributed by atoms with Crippen molar-refractivity contribution in [1.82, 2.24) is 15.3 Å². The number of piperazine rings is 1. The van der Waals surface area contributed by atoms with Crippen molar-refractivity contribution in [2.24, 2.45) is 0 Å². The van der Waals surface area contributed by atoms with Gasteiger partial charge in [0.1, 0.15) is 11.6 Å². The van der Waals surface area contributed by atoms with Crippen molar-refractivity contribution < 1.29 is 9.84 Å². The smallest absolute Gasteiger partial charge is 0.226 e. The number of rotatable bonds is 2. The van der Waals surface area contributed by atoms with E-state index in [0.29, 0.717) is 22.8 Å². The van der Waals surface area contributed by atoms with Crippen molar-refractivity contribution in [3.8, 4) is 5.75 Å². The van der Waals surface area contributed by atoms with Crippen LogP contribution in [-0.2, 0) is 0 Å². The van der Waals surface area contributed by atoms with Crippen LogP contribution in [0.25, 0.3) is 11.6 Å². The highest BCUT2D eigenvalue weighted by Crippen LogP contribution is 2.35. The van der Waals surface area contributed by atoms with Crippen molar-refractivity contribution in [2.75, 3.05) is 31.1 Å². The third-order valence-electron chi connectivity index (χ3n) is 4.37. The van der Waals surface area contributed by atoms with Gasteiger partial charge >= 0.3 is 0 Å². The Hall–Kier alpha value is -2.44. The van der Waals surface area contributed by atoms with Gasteiger partial charge in [-0.25, -0.2) is 9.97 Å². The molecule has 6 nitrogen and oxygen atoms in total. The molecule has 1 aromatic heterocycles. The molecule has 6 heteroatoms. The Bertz CT molecular complexity index is 784. The molecule has 2 aliphatic heterocycles. The summed E-state index contributed by atoms with van der Waals surface area (Å²) in [6.07, 6.45) is 2.60. The van der Waals surface area contributed by atoms with Gasteiger partial charge < -0.3 is 20.1 Å². The normalized spacial score (nSPS) is 20.2. The minimum absolute atomic E-state index is 0.655. The number of aromatic nitrogens is 2. The molecule has 124 valence electrons. The molecule has 1 unspecified atom stereocenters. The maximum Gasteiger partial charge on any atom is 0.226 e. The lowest BCUT2D eigenvalue weighted by Gasteiger charge is -2.31. The first-order valence-electron chi connectivity index (χ1n) is 8.17. The second kappa shape index (κ2) is 6.22. The predicted octanol–water partition coefficient (Wildman–Crippen LogP) is 1.45. The van der Waals surface area contributed by atoms with E-state index >= 15 is 0 Å². The lowest BCUT2D eigenvalue weighted by molar-refractivity contribution is 0.0318. The zero-order valence-corrected chi connectivity index (χ0v) is 13.6. The largest absolute Gasteiger partial charge is 0.460 e. The second-order valence-electron chi connectivity index (χ2n) is 6.02. The summed E-state index contributed by atoms with van der Waals surface area (Å²) < 4.78 is 5.75. The number of aliphatic hydroxyl groups excluding tert-OH is 1. The molecule has 0 amide bonds. The number of anilines is 1. The lowest BCUT2D eigenvalue weighted by Crippen LogP contribution is -2.43. The van der Waals surface area contributed by atoms with Crippen LogP contribution in [0.15, 0.2) is 30.5 Å². The molecule has 0 radical (unpaired) electrons. The molecular weight excluding hydrogens is 304 g/mol. The van der Waals surface area contributed by atoms with Gasteiger partial charge in [-0.05, 0) is 31.2 Å². The van der Waals surface area contributed by atoms with Crippen LogP contribution in [0, 0.1) is 6.92 Å². The first-order valence-corrected chi connectivity index (χ1v) is 8.17. The molecule has 1 atom stereocenters. The zero-order valence-electron chi connectivity index (χ0n) is 13.6. The van der Waals surface area contributed by atoms with Gasteiger partial charge in [-0.2, -0.15) is 0 Å². The summed E-state index contributed by atoms with van der Waals surface area (Å²) in [6.45, 7) is 5.74. The highest BCUT2D eigenvalue weighted by Gasteiger charge is 2.24. The molecule has 1 saturated heterocycles. The molecule has 4 rings (SSSR count). The fourth-order valence-corrected chi connectivity index (χ4v) is 3.10. The number of hydrogen-bond acceptors (Lipinski definition) is 6. The van der Waals surface area contributed by atoms with Gasteiger partial charge in [-0.15, -0.1) is 0 Å². The van der Waals surface area contributed by atoms with Crippen molar-refractivity contribution in [3.05, 3.63) is 47.5 Å². The molecule has 3 heterocycles. The molecule has 2 N–H and O–H groups in total. The number of aliphatic hydroxyl groups is 1. The summed E-state index contributed by atoms with van der Waals surface area (Å²) in [5, 5.41) is 13.7. The van der Waals surface area contributed by atoms with Gasteiger partial charge in [0.2, 0.25) is 6.29 Å². The molecule has 0 spiro atoms. The van der Waals surface area contributed by atoms with E-state index < -0.39 is 6.29 Å². The van der Waals surface area contributed by atoms with Crippen molar-refractivity contribution in [3.63, 3.8) is 0 Å². The predicted molar refractivity (Wildman–Crippen MR) is 92.8 cm³/mol. The van der Waals surface area contributed by atoms with E-state index in [1.54, 1.807) is 12.3 Å². The van der Waals surface area contributed by atoms with E-state index in [1.165, 1.54) is 0 Å². The Morgan fingerprint density at radius 1 is 1.25 bits per heavy atom. The average molecular weight is 324 g/mol. The molecular formula is C18H20N4O2. The van der Waals surface area contributed by atoms with Gasteiger partial charge in [-0.1, -0.05) is 0 Å². The highest BCUT2D eigenvalue weighted by atomic mass is 16.6. The van der Waals surface area contributed by atoms with Crippen molar-refractivity contribution >= 4 is 17.3 Å². The van der Waals surface area contributed by atoms with Crippen LogP contribution < -0.4 is 15.0 Å². The van der Waals surface area contributed by atoms with Crippen molar-refractivity contribution in [2.45, 2.75) is 13.2 Å². The average Bonchev–Trinajstić information content (AvgIpc) is 2.61. The van der Waals surface area contributed by atoms with E-state index in [9.17, 15) is 5.11 Å². The van der Waals surface area contributed by atoms with E-state index in [1.807, 2.05) is 25.1 Å². The van der Waals surface area contributed by atoms with Gasteiger partial charge in [0.15, 0.2) is 0 Å². The van der Waals surface area contributed by atoms with E-state index in [4.69, 9.17) is 4.74 Å². The van der Waals surface area contributed by atoms with E-state index in [0.717, 1.165) is 37.4 Å². The summed E-state index contributed by atoms with van der Waals surface area (Å²) in [7, 11) is 0. The Morgan fingerprint density at radius 3 is 2.88 bits per heavy atom. The zero-order chi connectivity index (χ0) is 16.5. The minimum Gasteiger partial charge on any atom is -0.460 e. The minimum atomic E-state index is -1.02. The van der Waals surface area contributed by atoms with Crippen LogP contribution in [-0.4, -0.2) is 47.5 Å². The Labute approximate surface area is 140 Å². The first-order chi connectivity index (χ1) is 11.7. The van der Waals surface area contributed by atoms with Crippen molar-refractivity contribution in [1.29, 1.82) is 0 Å². The summed E-state index contributed by atoms with van der Waals surface area (Å²) >= 11 is 0. The fourth-order valence-electron chi connectivity index (χ4n) is 3.10. The number of fused-ring (bicyclic) bond motifs is 1. The number of ether oxygens (including phenoxy) is 1. The molecule has 1 aromatic carbocycles. The Balaban J connectivity index is 1.67. The number of nitrogens with zero attached hydrogens (tertiary/aromatic N) is 3. The Morgan fingerprint density at radius 2 is 2.08 bits per heavy atom. The summed E-state index contributed by atoms with van der Waals surface area (Å²) in [5.74, 6) is 1.37. The van der Waals surface area contributed by atoms with Gasteiger partial charge in [0, 0.05) is 55.3 Å². The quantitative estimate of drug-likeness (QED) is 0.871. The molecule has 0 aliphatic carbocycles. The number of aryl methyl sites for hydroxylation is 1. The van der Waals surface area contributed by atoms with Crippen LogP contribution in [0.2, 0.25) is 0 Å². The summed E-state index contributed by atoms with van der Waals surface area (Å²) in [4.78, 5) is 10.8. The maximum atomic E-state index is 10.4. The maximum absolute atomic E-state index is 10.4. The molecule has 0 bridgehead atoms. The van der Waals surface area contributed by atoms with Gasteiger partial charge in [-0.3, -0.25) is 0 Å². The molecule has 2 aliphatic rings. The Kier molecular flexibility index (Phi) is 3.92. The summed E-state index contributed by atoms with van der Waals surface area (Å²) in [5.41, 5.74) is 3.41. The van der Waals surface area contributed by atoms with Crippen LogP contribution in [0.3, 0.4) is 0 Å². The van der Waals surface area contributed by atoms with Crippen LogP contribution in [0.4, 0.5) is 5.69 Å². The standard InChI is InChI=1S/C18H20N4O2/c1-12-20-5-4-16(21-12)15-10-13-2-3-14(11-17(13)24-18(15)23)22-8-6-19-7-9-22/h2-5,10-11,18-19,23H,6-9H2,1H3. The molecule has 0 saturated carbocycles. The SMILES string of the molecule is Cc1nccc(C2=Cc3ccc(N4CCNCC4)cc3OC2O)n1. The number of benzene rings is 1. The second-order valence-corrected chi connectivity index (χ2v) is 6.02. The number of nitrogens with one attached hydrogen (secondary N) is 1. The summed E-state index contributed by atoms with van der Waals surface area (Å²) in [6, 6.07) is 7.92. The molecule has 1 fully saturated rings. The van der Waals surface area contributed by atoms with Crippen LogP contribution in [0.1, 0.15) is 17.1 Å². The molecule has 24 heavy (non-hydrogen) atoms. The highest BCUT2D eigenvalue weighted by molar-refractivity contribution is 5.85. The number of hydrogen-bond donors (Lipinski definition) is 2. The first kappa shape index (κ1) is 15.1. The van der Waals surface area contributed by atoms with Gasteiger partial charge in [0.25, 0.3) is 0 Å². The van der Waals surface area contributed by atoms with Crippen LogP contribution in [0.5, 0.6) is 5.75 Å². The van der Waals surface area contributed by atoms with E-state index in [2.05, 4.69) is 26.3 Å². The monoisotopic (exact) mass is 324 g/mol. The third-order valence-corrected chi connectivity index (χ3v) is 4.37. The van der Waals surface area contributed by atoms with E-state index in [-0.39, 0.29) is 0 Å². The van der Waals surface area contributed by atoms with Gasteiger partial charge in [0.05, 0.1) is 5.69 Å².